The molecule has 1 fully saturated rings. The highest BCUT2D eigenvalue weighted by Crippen LogP contribution is 2.26. The van der Waals surface area contributed by atoms with E-state index >= 15 is 0 Å². The second-order valence-electron chi connectivity index (χ2n) is 7.73. The number of piperidine rings is 1. The van der Waals surface area contributed by atoms with Gasteiger partial charge in [-0.05, 0) is 49.6 Å². The van der Waals surface area contributed by atoms with E-state index in [9.17, 15) is 14.0 Å². The molecule has 1 aliphatic heterocycles. The van der Waals surface area contributed by atoms with Gasteiger partial charge in [-0.15, -0.1) is 0 Å². The van der Waals surface area contributed by atoms with Crippen LogP contribution in [0, 0.1) is 5.82 Å². The Morgan fingerprint density at radius 3 is 2.42 bits per heavy atom. The van der Waals surface area contributed by atoms with Crippen LogP contribution >= 0.6 is 0 Å². The van der Waals surface area contributed by atoms with E-state index in [-0.39, 0.29) is 23.5 Å². The van der Waals surface area contributed by atoms with Crippen molar-refractivity contribution in [1.29, 1.82) is 0 Å². The molecule has 1 aliphatic rings. The summed E-state index contributed by atoms with van der Waals surface area (Å²) in [5, 5.41) is 7.46. The van der Waals surface area contributed by atoms with E-state index in [1.807, 2.05) is 37.3 Å². The van der Waals surface area contributed by atoms with Crippen molar-refractivity contribution in [3.63, 3.8) is 0 Å². The van der Waals surface area contributed by atoms with Crippen LogP contribution < -0.4 is 11.0 Å². The van der Waals surface area contributed by atoms with Crippen molar-refractivity contribution in [3.8, 4) is 0 Å². The van der Waals surface area contributed by atoms with Crippen molar-refractivity contribution in [1.82, 2.24) is 19.2 Å². The normalized spacial score (nSPS) is 14.6. The predicted molar refractivity (Wildman–Crippen MR) is 117 cm³/mol. The van der Waals surface area contributed by atoms with E-state index < -0.39 is 0 Å². The molecule has 0 aliphatic carbocycles. The molecule has 7 nitrogen and oxygen atoms in total. The highest BCUT2D eigenvalue weighted by molar-refractivity contribution is 5.89. The molecule has 2 heterocycles. The first-order valence-electron chi connectivity index (χ1n) is 10.6. The average molecular weight is 423 g/mol. The van der Waals surface area contributed by atoms with E-state index in [4.69, 9.17) is 0 Å². The molecule has 162 valence electrons. The van der Waals surface area contributed by atoms with Crippen molar-refractivity contribution in [3.05, 3.63) is 82.3 Å². The third-order valence-electron chi connectivity index (χ3n) is 5.69. The summed E-state index contributed by atoms with van der Waals surface area (Å²) in [5.74, 6) is 0.578. The van der Waals surface area contributed by atoms with Crippen molar-refractivity contribution in [2.24, 2.45) is 0 Å². The molecule has 1 N–H and O–H groups in total. The van der Waals surface area contributed by atoms with E-state index in [1.54, 1.807) is 21.6 Å². The lowest BCUT2D eigenvalue weighted by Gasteiger charge is -2.31. The summed E-state index contributed by atoms with van der Waals surface area (Å²) in [5.41, 5.74) is 1.50. The number of carbonyl (C=O) groups is 1. The first-order valence-corrected chi connectivity index (χ1v) is 10.6. The lowest BCUT2D eigenvalue weighted by molar-refractivity contribution is 0.192. The van der Waals surface area contributed by atoms with Crippen LogP contribution in [0.2, 0.25) is 0 Å². The second-order valence-corrected chi connectivity index (χ2v) is 7.73. The summed E-state index contributed by atoms with van der Waals surface area (Å²) in [6, 6.07) is 15.3. The Bertz CT molecular complexity index is 1080. The first kappa shape index (κ1) is 20.8. The van der Waals surface area contributed by atoms with Crippen LogP contribution in [0.5, 0.6) is 0 Å². The predicted octanol–water partition coefficient (Wildman–Crippen LogP) is 3.66. The number of carbonyl (C=O) groups excluding carboxylic acids is 1. The molecule has 0 bridgehead atoms. The van der Waals surface area contributed by atoms with Gasteiger partial charge in [-0.25, -0.2) is 18.7 Å². The minimum atomic E-state index is -0.340. The van der Waals surface area contributed by atoms with Gasteiger partial charge in [0, 0.05) is 31.2 Å². The molecule has 0 saturated carbocycles. The molecule has 1 aromatic heterocycles. The number of benzene rings is 2. The Kier molecular flexibility index (Phi) is 6.16. The lowest BCUT2D eigenvalue weighted by atomic mass is 9.96. The molecule has 2 aromatic carbocycles. The fourth-order valence-corrected chi connectivity index (χ4v) is 3.99. The molecule has 2 amide bonds. The van der Waals surface area contributed by atoms with Crippen LogP contribution in [-0.2, 0) is 13.1 Å². The van der Waals surface area contributed by atoms with Crippen LogP contribution in [0.4, 0.5) is 14.9 Å². The molecule has 0 spiro atoms. The van der Waals surface area contributed by atoms with Gasteiger partial charge in [0.25, 0.3) is 0 Å². The van der Waals surface area contributed by atoms with Gasteiger partial charge in [0.05, 0.1) is 6.54 Å². The number of urea groups is 1. The average Bonchev–Trinajstić information content (AvgIpc) is 3.11. The molecule has 0 atom stereocenters. The second kappa shape index (κ2) is 9.16. The summed E-state index contributed by atoms with van der Waals surface area (Å²) < 4.78 is 16.3. The molecule has 8 heteroatoms. The molecule has 0 unspecified atom stereocenters. The number of amides is 2. The van der Waals surface area contributed by atoms with Gasteiger partial charge in [0.15, 0.2) is 0 Å². The number of hydrogen-bond acceptors (Lipinski definition) is 3. The Balaban J connectivity index is 1.42. The van der Waals surface area contributed by atoms with Crippen molar-refractivity contribution >= 4 is 11.7 Å². The van der Waals surface area contributed by atoms with Gasteiger partial charge in [0.2, 0.25) is 0 Å². The van der Waals surface area contributed by atoms with Crippen LogP contribution in [0.15, 0.2) is 59.4 Å². The standard InChI is InChI=1S/C23H26FN5O2/c1-2-28-21(26-29(23(28)31)16-17-6-4-3-5-7-17)18-12-14-27(15-13-18)22(30)25-20-10-8-19(24)9-11-20/h3-11,18H,2,12-16H2,1H3,(H,25,30). The Morgan fingerprint density at radius 1 is 1.10 bits per heavy atom. The number of nitrogens with zero attached hydrogens (tertiary/aromatic N) is 4. The van der Waals surface area contributed by atoms with Gasteiger partial charge in [-0.1, -0.05) is 30.3 Å². The number of likely N-dealkylation sites (tertiary alicyclic amines) is 1. The summed E-state index contributed by atoms with van der Waals surface area (Å²) in [4.78, 5) is 27.1. The third-order valence-corrected chi connectivity index (χ3v) is 5.69. The van der Waals surface area contributed by atoms with Crippen molar-refractivity contribution < 1.29 is 9.18 Å². The van der Waals surface area contributed by atoms with Crippen LogP contribution in [0.1, 0.15) is 37.1 Å². The van der Waals surface area contributed by atoms with E-state index in [0.29, 0.717) is 31.9 Å². The Labute approximate surface area is 180 Å². The monoisotopic (exact) mass is 423 g/mol. The maximum absolute atomic E-state index is 13.0. The maximum Gasteiger partial charge on any atom is 0.346 e. The largest absolute Gasteiger partial charge is 0.346 e. The zero-order valence-electron chi connectivity index (χ0n) is 17.5. The highest BCUT2D eigenvalue weighted by atomic mass is 19.1. The lowest BCUT2D eigenvalue weighted by Crippen LogP contribution is -2.41. The summed E-state index contributed by atoms with van der Waals surface area (Å²) in [6.45, 7) is 4.10. The third kappa shape index (κ3) is 4.68. The topological polar surface area (TPSA) is 72.2 Å². The highest BCUT2D eigenvalue weighted by Gasteiger charge is 2.28. The zero-order chi connectivity index (χ0) is 21.8. The van der Waals surface area contributed by atoms with Crippen molar-refractivity contribution in [2.45, 2.75) is 38.8 Å². The summed E-state index contributed by atoms with van der Waals surface area (Å²) in [7, 11) is 0. The first-order chi connectivity index (χ1) is 15.0. The van der Waals surface area contributed by atoms with Gasteiger partial charge in [0.1, 0.15) is 11.6 Å². The van der Waals surface area contributed by atoms with Crippen LogP contribution in [0.25, 0.3) is 0 Å². The van der Waals surface area contributed by atoms with Gasteiger partial charge >= 0.3 is 11.7 Å². The van der Waals surface area contributed by atoms with E-state index in [1.165, 1.54) is 16.8 Å². The summed E-state index contributed by atoms with van der Waals surface area (Å²) in [6.07, 6.45) is 1.47. The molecular formula is C23H26FN5O2. The minimum Gasteiger partial charge on any atom is -0.324 e. The number of rotatable bonds is 5. The van der Waals surface area contributed by atoms with Crippen LogP contribution in [0.3, 0.4) is 0 Å². The number of hydrogen-bond donors (Lipinski definition) is 1. The van der Waals surface area contributed by atoms with Gasteiger partial charge < -0.3 is 10.2 Å². The SMILES string of the molecule is CCn1c(C2CCN(C(=O)Nc3ccc(F)cc3)CC2)nn(Cc2ccccc2)c1=O. The van der Waals surface area contributed by atoms with E-state index in [2.05, 4.69) is 10.4 Å². The van der Waals surface area contributed by atoms with Gasteiger partial charge in [-0.3, -0.25) is 4.57 Å². The Hall–Kier alpha value is -3.42. The number of halogens is 1. The quantitative estimate of drug-likeness (QED) is 0.681. The fraction of sp³-hybridized carbons (Fsp3) is 0.348. The van der Waals surface area contributed by atoms with Crippen LogP contribution in [-0.4, -0.2) is 38.4 Å². The molecule has 31 heavy (non-hydrogen) atoms. The smallest absolute Gasteiger partial charge is 0.324 e. The number of anilines is 1. The van der Waals surface area contributed by atoms with E-state index in [0.717, 1.165) is 24.2 Å². The summed E-state index contributed by atoms with van der Waals surface area (Å²) >= 11 is 0. The Morgan fingerprint density at radius 2 is 1.77 bits per heavy atom. The number of aromatic nitrogens is 3. The van der Waals surface area contributed by atoms with Gasteiger partial charge in [-0.2, -0.15) is 5.10 Å². The number of nitrogens with one attached hydrogen (secondary N) is 1. The maximum atomic E-state index is 13.0. The van der Waals surface area contributed by atoms with Crippen molar-refractivity contribution in [2.75, 3.05) is 18.4 Å². The minimum absolute atomic E-state index is 0.0992. The molecule has 1 saturated heterocycles. The molecule has 0 radical (unpaired) electrons. The fourth-order valence-electron chi connectivity index (χ4n) is 3.99. The zero-order valence-corrected chi connectivity index (χ0v) is 17.5. The molecule has 3 aromatic rings. The molecule has 4 rings (SSSR count). The molecular weight excluding hydrogens is 397 g/mol.